The van der Waals surface area contributed by atoms with Crippen LogP contribution in [0.25, 0.3) is 0 Å². The van der Waals surface area contributed by atoms with Crippen molar-refractivity contribution in [2.45, 2.75) is 36.6 Å². The molecule has 1 aliphatic rings. The second-order valence-electron chi connectivity index (χ2n) is 4.88. The molecule has 0 spiro atoms. The van der Waals surface area contributed by atoms with Crippen LogP contribution >= 0.6 is 11.3 Å². The lowest BCUT2D eigenvalue weighted by molar-refractivity contribution is -0.114. The highest BCUT2D eigenvalue weighted by atomic mass is 32.2. The summed E-state index contributed by atoms with van der Waals surface area (Å²) in [4.78, 5) is 11.0. The predicted octanol–water partition coefficient (Wildman–Crippen LogP) is 0.259. The third-order valence-electron chi connectivity index (χ3n) is 3.23. The number of hydrogen-bond acceptors (Lipinski definition) is 7. The molecule has 2 rings (SSSR count). The minimum Gasteiger partial charge on any atom is -0.318 e. The SMILES string of the molecule is CNCC1CCCCN1S(=O)(=O)c1nnc(NC(C)=O)s1. The third kappa shape index (κ3) is 3.76. The highest BCUT2D eigenvalue weighted by molar-refractivity contribution is 7.91. The first-order valence-electron chi connectivity index (χ1n) is 6.72. The van der Waals surface area contributed by atoms with E-state index in [0.717, 1.165) is 30.6 Å². The number of rotatable bonds is 5. The van der Waals surface area contributed by atoms with Crippen molar-refractivity contribution >= 4 is 32.4 Å². The van der Waals surface area contributed by atoms with Gasteiger partial charge in [0.05, 0.1) is 0 Å². The summed E-state index contributed by atoms with van der Waals surface area (Å²) in [7, 11) is -1.86. The Morgan fingerprint density at radius 2 is 2.19 bits per heavy atom. The van der Waals surface area contributed by atoms with Crippen LogP contribution in [-0.2, 0) is 14.8 Å². The number of likely N-dealkylation sites (N-methyl/N-ethyl adjacent to an activating group) is 1. The van der Waals surface area contributed by atoms with Gasteiger partial charge in [-0.25, -0.2) is 8.42 Å². The monoisotopic (exact) mass is 333 g/mol. The van der Waals surface area contributed by atoms with Gasteiger partial charge in [-0.3, -0.25) is 4.79 Å². The Labute approximate surface area is 128 Å². The Kier molecular flexibility index (Phi) is 5.25. The molecule has 8 nitrogen and oxygen atoms in total. The number of hydrogen-bond donors (Lipinski definition) is 2. The molecule has 1 fully saturated rings. The van der Waals surface area contributed by atoms with Gasteiger partial charge in [0.1, 0.15) is 0 Å². The maximum absolute atomic E-state index is 12.7. The minimum atomic E-state index is -3.66. The van der Waals surface area contributed by atoms with E-state index in [4.69, 9.17) is 0 Å². The number of carbonyl (C=O) groups is 1. The molecule has 1 atom stereocenters. The molecule has 1 aromatic rings. The molecule has 1 saturated heterocycles. The standard InChI is InChI=1S/C11H19N5O3S2/c1-8(17)13-10-14-15-11(20-10)21(18,19)16-6-4-3-5-9(16)7-12-2/h9,12H,3-7H2,1-2H3,(H,13,14,17). The van der Waals surface area contributed by atoms with E-state index in [2.05, 4.69) is 20.8 Å². The van der Waals surface area contributed by atoms with Crippen molar-refractivity contribution in [1.82, 2.24) is 19.8 Å². The topological polar surface area (TPSA) is 104 Å². The number of aromatic nitrogens is 2. The van der Waals surface area contributed by atoms with Crippen molar-refractivity contribution in [1.29, 1.82) is 0 Å². The predicted molar refractivity (Wildman–Crippen MR) is 79.7 cm³/mol. The Hall–Kier alpha value is -1.10. The Morgan fingerprint density at radius 3 is 2.86 bits per heavy atom. The molecule has 2 heterocycles. The first kappa shape index (κ1) is 16.3. The van der Waals surface area contributed by atoms with Gasteiger partial charge in [-0.15, -0.1) is 10.2 Å². The molecule has 21 heavy (non-hydrogen) atoms. The van der Waals surface area contributed by atoms with Gasteiger partial charge in [0.15, 0.2) is 0 Å². The van der Waals surface area contributed by atoms with Crippen LogP contribution in [0.1, 0.15) is 26.2 Å². The van der Waals surface area contributed by atoms with E-state index in [-0.39, 0.29) is 21.4 Å². The van der Waals surface area contributed by atoms with Crippen molar-refractivity contribution < 1.29 is 13.2 Å². The zero-order valence-electron chi connectivity index (χ0n) is 12.0. The van der Waals surface area contributed by atoms with E-state index in [0.29, 0.717) is 13.1 Å². The van der Waals surface area contributed by atoms with Gasteiger partial charge in [-0.05, 0) is 19.9 Å². The summed E-state index contributed by atoms with van der Waals surface area (Å²) >= 11 is 0.878. The molecular weight excluding hydrogens is 314 g/mol. The third-order valence-corrected chi connectivity index (χ3v) is 6.37. The lowest BCUT2D eigenvalue weighted by atomic mass is 10.1. The summed E-state index contributed by atoms with van der Waals surface area (Å²) in [6, 6.07) is -0.0677. The maximum atomic E-state index is 12.7. The quantitative estimate of drug-likeness (QED) is 0.749. The molecule has 0 aromatic carbocycles. The average Bonchev–Trinajstić information content (AvgIpc) is 2.88. The molecule has 1 amide bonds. The van der Waals surface area contributed by atoms with Gasteiger partial charge in [-0.2, -0.15) is 4.31 Å². The summed E-state index contributed by atoms with van der Waals surface area (Å²) in [5, 5.41) is 13.1. The first-order valence-corrected chi connectivity index (χ1v) is 8.98. The molecule has 2 N–H and O–H groups in total. The summed E-state index contributed by atoms with van der Waals surface area (Å²) in [6.07, 6.45) is 2.69. The first-order chi connectivity index (χ1) is 9.95. The molecule has 0 bridgehead atoms. The molecular formula is C11H19N5O3S2. The number of nitrogens with zero attached hydrogens (tertiary/aromatic N) is 3. The Balaban J connectivity index is 2.23. The lowest BCUT2D eigenvalue weighted by Crippen LogP contribution is -2.47. The van der Waals surface area contributed by atoms with Gasteiger partial charge >= 0.3 is 0 Å². The van der Waals surface area contributed by atoms with Gasteiger partial charge in [0.25, 0.3) is 10.0 Å². The van der Waals surface area contributed by atoms with Gasteiger partial charge in [0, 0.05) is 26.1 Å². The number of piperidine rings is 1. The number of nitrogens with one attached hydrogen (secondary N) is 2. The van der Waals surface area contributed by atoms with Crippen LogP contribution in [-0.4, -0.2) is 55.0 Å². The van der Waals surface area contributed by atoms with E-state index >= 15 is 0 Å². The van der Waals surface area contributed by atoms with Crippen molar-refractivity contribution in [2.24, 2.45) is 0 Å². The number of carbonyl (C=O) groups excluding carboxylic acids is 1. The minimum absolute atomic E-state index is 0.0677. The van der Waals surface area contributed by atoms with E-state index in [1.165, 1.54) is 11.2 Å². The van der Waals surface area contributed by atoms with Gasteiger partial charge in [0.2, 0.25) is 15.4 Å². The summed E-state index contributed by atoms with van der Waals surface area (Å²) < 4.78 is 26.7. The highest BCUT2D eigenvalue weighted by Gasteiger charge is 2.35. The molecule has 0 aliphatic carbocycles. The smallest absolute Gasteiger partial charge is 0.272 e. The summed E-state index contributed by atoms with van der Waals surface area (Å²) in [5.74, 6) is -0.305. The van der Waals surface area contributed by atoms with Crippen LogP contribution in [0.15, 0.2) is 4.34 Å². The van der Waals surface area contributed by atoms with Gasteiger partial charge < -0.3 is 10.6 Å². The number of amides is 1. The van der Waals surface area contributed by atoms with E-state index in [1.807, 2.05) is 0 Å². The normalized spacial score (nSPS) is 20.4. The van der Waals surface area contributed by atoms with Crippen molar-refractivity contribution in [3.8, 4) is 0 Å². The largest absolute Gasteiger partial charge is 0.318 e. The Bertz CT molecular complexity index is 599. The second-order valence-corrected chi connectivity index (χ2v) is 7.92. The molecule has 1 aliphatic heterocycles. The van der Waals surface area contributed by atoms with Crippen LogP contribution < -0.4 is 10.6 Å². The zero-order chi connectivity index (χ0) is 15.5. The molecule has 0 radical (unpaired) electrons. The van der Waals surface area contributed by atoms with Crippen molar-refractivity contribution in [3.05, 3.63) is 0 Å². The zero-order valence-corrected chi connectivity index (χ0v) is 13.6. The number of anilines is 1. The molecule has 1 aromatic heterocycles. The van der Waals surface area contributed by atoms with Crippen LogP contribution in [0, 0.1) is 0 Å². The van der Waals surface area contributed by atoms with E-state index < -0.39 is 10.0 Å². The fraction of sp³-hybridized carbons (Fsp3) is 0.727. The highest BCUT2D eigenvalue weighted by Crippen LogP contribution is 2.28. The van der Waals surface area contributed by atoms with Crippen LogP contribution in [0.3, 0.4) is 0 Å². The van der Waals surface area contributed by atoms with Crippen LogP contribution in [0.5, 0.6) is 0 Å². The summed E-state index contributed by atoms with van der Waals surface area (Å²) in [5.41, 5.74) is 0. The average molecular weight is 333 g/mol. The van der Waals surface area contributed by atoms with Crippen LogP contribution in [0.4, 0.5) is 5.13 Å². The van der Waals surface area contributed by atoms with Crippen LogP contribution in [0.2, 0.25) is 0 Å². The molecule has 118 valence electrons. The van der Waals surface area contributed by atoms with E-state index in [1.54, 1.807) is 7.05 Å². The molecule has 10 heteroatoms. The fourth-order valence-electron chi connectivity index (χ4n) is 2.35. The van der Waals surface area contributed by atoms with Crippen molar-refractivity contribution in [2.75, 3.05) is 25.5 Å². The number of sulfonamides is 1. The van der Waals surface area contributed by atoms with Gasteiger partial charge in [-0.1, -0.05) is 17.8 Å². The van der Waals surface area contributed by atoms with E-state index in [9.17, 15) is 13.2 Å². The molecule has 0 saturated carbocycles. The van der Waals surface area contributed by atoms with Crippen molar-refractivity contribution in [3.63, 3.8) is 0 Å². The second kappa shape index (κ2) is 6.77. The maximum Gasteiger partial charge on any atom is 0.272 e. The molecule has 1 unspecified atom stereocenters. The fourth-order valence-corrected chi connectivity index (χ4v) is 5.10. The lowest BCUT2D eigenvalue weighted by Gasteiger charge is -2.33. The summed E-state index contributed by atoms with van der Waals surface area (Å²) in [6.45, 7) is 2.43. The Morgan fingerprint density at radius 1 is 1.43 bits per heavy atom.